The number of amides is 1. The molecule has 0 spiro atoms. The third kappa shape index (κ3) is 3.75. The van der Waals surface area contributed by atoms with Gasteiger partial charge in [0.1, 0.15) is 5.83 Å². The van der Waals surface area contributed by atoms with Gasteiger partial charge in [-0.2, -0.15) is 0 Å². The molecular formula is C8H14FNO. The SMILES string of the molecule is C/C(F)=C(/C)C(=O)NC(C)C. The Morgan fingerprint density at radius 3 is 2.09 bits per heavy atom. The van der Waals surface area contributed by atoms with Gasteiger partial charge in [0.05, 0.1) is 0 Å². The van der Waals surface area contributed by atoms with Gasteiger partial charge in [-0.1, -0.05) is 0 Å². The molecule has 0 aromatic rings. The summed E-state index contributed by atoms with van der Waals surface area (Å²) in [5.74, 6) is -0.761. The third-order valence-corrected chi connectivity index (χ3v) is 1.28. The standard InChI is InChI=1S/C8H14FNO/c1-5(2)10-8(11)6(3)7(4)9/h5H,1-4H3,(H,10,11)/b7-6+. The largest absolute Gasteiger partial charge is 0.350 e. The van der Waals surface area contributed by atoms with Gasteiger partial charge in [-0.25, -0.2) is 4.39 Å². The van der Waals surface area contributed by atoms with Crippen LogP contribution in [0.15, 0.2) is 11.4 Å². The van der Waals surface area contributed by atoms with Gasteiger partial charge < -0.3 is 5.32 Å². The van der Waals surface area contributed by atoms with E-state index in [-0.39, 0.29) is 17.5 Å². The van der Waals surface area contributed by atoms with Crippen LogP contribution in [0.1, 0.15) is 27.7 Å². The number of hydrogen-bond acceptors (Lipinski definition) is 1. The normalized spacial score (nSPS) is 12.9. The van der Waals surface area contributed by atoms with Gasteiger partial charge in [-0.15, -0.1) is 0 Å². The van der Waals surface area contributed by atoms with E-state index in [1.165, 1.54) is 13.8 Å². The van der Waals surface area contributed by atoms with Crippen molar-refractivity contribution in [3.63, 3.8) is 0 Å². The lowest BCUT2D eigenvalue weighted by Crippen LogP contribution is -2.30. The minimum absolute atomic E-state index is 0.0526. The Hall–Kier alpha value is -0.860. The van der Waals surface area contributed by atoms with Crippen molar-refractivity contribution in [3.8, 4) is 0 Å². The first-order valence-corrected chi connectivity index (χ1v) is 3.59. The molecule has 0 radical (unpaired) electrons. The van der Waals surface area contributed by atoms with Crippen molar-refractivity contribution in [2.75, 3.05) is 0 Å². The van der Waals surface area contributed by atoms with Crippen LogP contribution in [0, 0.1) is 0 Å². The monoisotopic (exact) mass is 159 g/mol. The first kappa shape index (κ1) is 10.1. The summed E-state index contributed by atoms with van der Waals surface area (Å²) in [5, 5.41) is 2.59. The summed E-state index contributed by atoms with van der Waals surface area (Å²) in [4.78, 5) is 11.0. The van der Waals surface area contributed by atoms with Gasteiger partial charge in [0.15, 0.2) is 0 Å². The van der Waals surface area contributed by atoms with Crippen molar-refractivity contribution in [1.82, 2.24) is 5.32 Å². The van der Waals surface area contributed by atoms with Crippen LogP contribution in [0.25, 0.3) is 0 Å². The Labute approximate surface area is 66.5 Å². The van der Waals surface area contributed by atoms with E-state index in [2.05, 4.69) is 5.32 Å². The zero-order valence-electron chi connectivity index (χ0n) is 7.36. The Kier molecular flexibility index (Phi) is 3.79. The summed E-state index contributed by atoms with van der Waals surface area (Å²) < 4.78 is 12.4. The molecule has 0 rings (SSSR count). The molecule has 2 nitrogen and oxygen atoms in total. The lowest BCUT2D eigenvalue weighted by atomic mass is 10.2. The highest BCUT2D eigenvalue weighted by atomic mass is 19.1. The summed E-state index contributed by atoms with van der Waals surface area (Å²) in [6, 6.07) is 0.0526. The second kappa shape index (κ2) is 4.11. The highest BCUT2D eigenvalue weighted by Gasteiger charge is 2.07. The highest BCUT2D eigenvalue weighted by Crippen LogP contribution is 2.03. The van der Waals surface area contributed by atoms with E-state index in [1.807, 2.05) is 13.8 Å². The molecule has 0 bridgehead atoms. The van der Waals surface area contributed by atoms with Crippen LogP contribution in [0.2, 0.25) is 0 Å². The van der Waals surface area contributed by atoms with Crippen molar-refractivity contribution in [2.45, 2.75) is 33.7 Å². The number of allylic oxidation sites excluding steroid dienone is 1. The molecule has 0 aromatic carbocycles. The van der Waals surface area contributed by atoms with Gasteiger partial charge in [0.25, 0.3) is 0 Å². The smallest absolute Gasteiger partial charge is 0.249 e. The molecule has 0 atom stereocenters. The number of hydrogen-bond donors (Lipinski definition) is 1. The second-order valence-corrected chi connectivity index (χ2v) is 2.79. The summed E-state index contributed by atoms with van der Waals surface area (Å²) in [7, 11) is 0. The van der Waals surface area contributed by atoms with E-state index in [4.69, 9.17) is 0 Å². The fourth-order valence-corrected chi connectivity index (χ4v) is 0.527. The fraction of sp³-hybridized carbons (Fsp3) is 0.625. The van der Waals surface area contributed by atoms with E-state index < -0.39 is 5.83 Å². The lowest BCUT2D eigenvalue weighted by molar-refractivity contribution is -0.118. The first-order valence-electron chi connectivity index (χ1n) is 3.59. The molecule has 3 heteroatoms. The molecule has 0 fully saturated rings. The van der Waals surface area contributed by atoms with Crippen LogP contribution in [-0.4, -0.2) is 11.9 Å². The summed E-state index contributed by atoms with van der Waals surface area (Å²) in [5.41, 5.74) is 0.152. The molecule has 0 aromatic heterocycles. The number of carbonyl (C=O) groups is 1. The summed E-state index contributed by atoms with van der Waals surface area (Å²) in [6.07, 6.45) is 0. The molecule has 1 amide bonds. The Morgan fingerprint density at radius 2 is 1.82 bits per heavy atom. The minimum atomic E-state index is -0.428. The van der Waals surface area contributed by atoms with Gasteiger partial charge in [-0.3, -0.25) is 4.79 Å². The van der Waals surface area contributed by atoms with Gasteiger partial charge >= 0.3 is 0 Å². The molecule has 0 aliphatic carbocycles. The third-order valence-electron chi connectivity index (χ3n) is 1.28. The Bertz CT molecular complexity index is 181. The Morgan fingerprint density at radius 1 is 1.36 bits per heavy atom. The number of nitrogens with one attached hydrogen (secondary N) is 1. The van der Waals surface area contributed by atoms with Crippen LogP contribution < -0.4 is 5.32 Å². The van der Waals surface area contributed by atoms with Crippen molar-refractivity contribution in [2.24, 2.45) is 0 Å². The molecule has 64 valence electrons. The first-order chi connectivity index (χ1) is 4.95. The van der Waals surface area contributed by atoms with E-state index in [9.17, 15) is 9.18 Å². The maximum Gasteiger partial charge on any atom is 0.249 e. The molecule has 0 aliphatic heterocycles. The molecule has 11 heavy (non-hydrogen) atoms. The van der Waals surface area contributed by atoms with Crippen molar-refractivity contribution >= 4 is 5.91 Å². The van der Waals surface area contributed by atoms with Crippen LogP contribution in [0.4, 0.5) is 4.39 Å². The average Bonchev–Trinajstić information content (AvgIpc) is 1.84. The van der Waals surface area contributed by atoms with Crippen LogP contribution in [0.5, 0.6) is 0 Å². The molecular weight excluding hydrogens is 145 g/mol. The van der Waals surface area contributed by atoms with E-state index in [0.29, 0.717) is 0 Å². The fourth-order valence-electron chi connectivity index (χ4n) is 0.527. The quantitative estimate of drug-likeness (QED) is 0.611. The van der Waals surface area contributed by atoms with E-state index >= 15 is 0 Å². The van der Waals surface area contributed by atoms with Gasteiger partial charge in [-0.05, 0) is 27.7 Å². The molecule has 0 aliphatic rings. The van der Waals surface area contributed by atoms with E-state index in [1.54, 1.807) is 0 Å². The van der Waals surface area contributed by atoms with Crippen molar-refractivity contribution in [3.05, 3.63) is 11.4 Å². The van der Waals surface area contributed by atoms with Gasteiger partial charge in [0.2, 0.25) is 5.91 Å². The zero-order chi connectivity index (χ0) is 9.02. The van der Waals surface area contributed by atoms with Crippen LogP contribution in [-0.2, 0) is 4.79 Å². The minimum Gasteiger partial charge on any atom is -0.350 e. The topological polar surface area (TPSA) is 29.1 Å². The predicted octanol–water partition coefficient (Wildman–Crippen LogP) is 1.77. The summed E-state index contributed by atoms with van der Waals surface area (Å²) in [6.45, 7) is 6.40. The maximum absolute atomic E-state index is 12.4. The van der Waals surface area contributed by atoms with Gasteiger partial charge in [0, 0.05) is 11.6 Å². The molecule has 1 N–H and O–H groups in total. The van der Waals surface area contributed by atoms with Crippen molar-refractivity contribution < 1.29 is 9.18 Å². The van der Waals surface area contributed by atoms with Crippen LogP contribution in [0.3, 0.4) is 0 Å². The Balaban J connectivity index is 4.17. The molecule has 0 heterocycles. The number of halogens is 1. The zero-order valence-corrected chi connectivity index (χ0v) is 7.36. The maximum atomic E-state index is 12.4. The predicted molar refractivity (Wildman–Crippen MR) is 42.8 cm³/mol. The number of carbonyl (C=O) groups excluding carboxylic acids is 1. The van der Waals surface area contributed by atoms with E-state index in [0.717, 1.165) is 0 Å². The van der Waals surface area contributed by atoms with Crippen molar-refractivity contribution in [1.29, 1.82) is 0 Å². The van der Waals surface area contributed by atoms with Crippen LogP contribution >= 0.6 is 0 Å². The molecule has 0 unspecified atom stereocenters. The second-order valence-electron chi connectivity index (χ2n) is 2.79. The number of rotatable bonds is 2. The molecule has 0 saturated carbocycles. The lowest BCUT2D eigenvalue weighted by Gasteiger charge is -2.07. The average molecular weight is 159 g/mol. The highest BCUT2D eigenvalue weighted by molar-refractivity contribution is 5.93. The summed E-state index contributed by atoms with van der Waals surface area (Å²) >= 11 is 0. The molecule has 0 saturated heterocycles.